The summed E-state index contributed by atoms with van der Waals surface area (Å²) in [5.41, 5.74) is 0.628. The molecule has 1 aliphatic rings. The number of rotatable bonds is 4. The predicted octanol–water partition coefficient (Wildman–Crippen LogP) is 2.62. The molecule has 1 aromatic rings. The Bertz CT molecular complexity index is 586. The van der Waals surface area contributed by atoms with Gasteiger partial charge in [-0.25, -0.2) is 13.6 Å². The molecule has 0 amide bonds. The second-order valence-corrected chi connectivity index (χ2v) is 9.25. The number of sulfonamides is 1. The van der Waals surface area contributed by atoms with Gasteiger partial charge in [0.25, 0.3) is 10.0 Å². The minimum Gasteiger partial charge on any atom is -0.447 e. The summed E-state index contributed by atoms with van der Waals surface area (Å²) >= 11 is 0. The lowest BCUT2D eigenvalue weighted by Crippen LogP contribution is -2.43. The molecule has 2 rings (SSSR count). The highest BCUT2D eigenvalue weighted by molar-refractivity contribution is 7.89. The first-order chi connectivity index (χ1) is 9.47. The number of nitrogens with one attached hydrogen (secondary N) is 1. The summed E-state index contributed by atoms with van der Waals surface area (Å²) in [5, 5.41) is 8.35. The van der Waals surface area contributed by atoms with Gasteiger partial charge in [-0.05, 0) is 42.2 Å². The molecule has 1 saturated carbocycles. The van der Waals surface area contributed by atoms with Crippen LogP contribution in [-0.2, 0) is 16.6 Å². The highest BCUT2D eigenvalue weighted by Gasteiger charge is 2.38. The van der Waals surface area contributed by atoms with Gasteiger partial charge in [0.2, 0.25) is 5.09 Å². The van der Waals surface area contributed by atoms with E-state index < -0.39 is 10.0 Å². The Kier molecular flexibility index (Phi) is 4.26. The molecular weight excluding hydrogens is 288 g/mol. The smallest absolute Gasteiger partial charge is 0.271 e. The second kappa shape index (κ2) is 5.41. The lowest BCUT2D eigenvalue weighted by Gasteiger charge is -2.45. The van der Waals surface area contributed by atoms with Gasteiger partial charge < -0.3 is 9.73 Å². The van der Waals surface area contributed by atoms with E-state index >= 15 is 0 Å². The van der Waals surface area contributed by atoms with Crippen LogP contribution in [0.2, 0.25) is 0 Å². The van der Waals surface area contributed by atoms with Crippen LogP contribution < -0.4 is 10.5 Å². The molecule has 3 N–H and O–H groups in total. The van der Waals surface area contributed by atoms with Crippen molar-refractivity contribution in [1.82, 2.24) is 5.32 Å². The van der Waals surface area contributed by atoms with Gasteiger partial charge in [-0.3, -0.25) is 0 Å². The van der Waals surface area contributed by atoms with E-state index in [1.54, 1.807) is 6.07 Å². The van der Waals surface area contributed by atoms with Crippen LogP contribution in [0.25, 0.3) is 0 Å². The van der Waals surface area contributed by atoms with Crippen molar-refractivity contribution in [2.24, 2.45) is 16.0 Å². The van der Waals surface area contributed by atoms with E-state index in [4.69, 9.17) is 9.56 Å². The second-order valence-electron chi connectivity index (χ2n) is 7.76. The maximum atomic E-state index is 11.2. The topological polar surface area (TPSA) is 85.3 Å². The number of primary sulfonamides is 1. The summed E-state index contributed by atoms with van der Waals surface area (Å²) in [5.74, 6) is 0.597. The van der Waals surface area contributed by atoms with Gasteiger partial charge in [0.05, 0.1) is 6.54 Å². The molecular formula is C15H26N2O3S. The van der Waals surface area contributed by atoms with Crippen molar-refractivity contribution < 1.29 is 12.8 Å². The number of hydrogen-bond donors (Lipinski definition) is 2. The van der Waals surface area contributed by atoms with Crippen molar-refractivity contribution >= 4 is 10.0 Å². The lowest BCUT2D eigenvalue weighted by molar-refractivity contribution is 0.0835. The molecule has 0 spiro atoms. The van der Waals surface area contributed by atoms with E-state index in [0.717, 1.165) is 12.8 Å². The summed E-state index contributed by atoms with van der Waals surface area (Å²) in [6, 6.07) is 3.47. The van der Waals surface area contributed by atoms with E-state index in [0.29, 0.717) is 29.2 Å². The first kappa shape index (κ1) is 16.5. The third-order valence-corrected chi connectivity index (χ3v) is 4.82. The largest absolute Gasteiger partial charge is 0.447 e. The van der Waals surface area contributed by atoms with E-state index in [1.807, 2.05) is 0 Å². The molecule has 6 heteroatoms. The van der Waals surface area contributed by atoms with Crippen molar-refractivity contribution in [1.29, 1.82) is 0 Å². The number of furan rings is 1. The van der Waals surface area contributed by atoms with Crippen molar-refractivity contribution in [3.8, 4) is 0 Å². The summed E-state index contributed by atoms with van der Waals surface area (Å²) in [6.45, 7) is 9.72. The Morgan fingerprint density at radius 1 is 1.24 bits per heavy atom. The van der Waals surface area contributed by atoms with Gasteiger partial charge in [0.15, 0.2) is 0 Å². The average molecular weight is 314 g/mol. The Hall–Kier alpha value is -0.850. The monoisotopic (exact) mass is 314 g/mol. The predicted molar refractivity (Wildman–Crippen MR) is 82.1 cm³/mol. The Morgan fingerprint density at radius 2 is 1.81 bits per heavy atom. The van der Waals surface area contributed by atoms with Gasteiger partial charge in [-0.1, -0.05) is 27.7 Å². The molecule has 0 bridgehead atoms. The van der Waals surface area contributed by atoms with Crippen molar-refractivity contribution in [2.45, 2.75) is 64.6 Å². The average Bonchev–Trinajstić information content (AvgIpc) is 2.69. The molecule has 1 aliphatic carbocycles. The van der Waals surface area contributed by atoms with Crippen LogP contribution in [0.5, 0.6) is 0 Å². The van der Waals surface area contributed by atoms with Crippen LogP contribution in [0.4, 0.5) is 0 Å². The first-order valence-corrected chi connectivity index (χ1v) is 8.86. The van der Waals surface area contributed by atoms with Crippen LogP contribution in [0.3, 0.4) is 0 Å². The van der Waals surface area contributed by atoms with Crippen LogP contribution in [-0.4, -0.2) is 14.5 Å². The fraction of sp³-hybridized carbons (Fsp3) is 0.733. The van der Waals surface area contributed by atoms with Crippen LogP contribution in [0.15, 0.2) is 21.6 Å². The van der Waals surface area contributed by atoms with E-state index in [9.17, 15) is 8.42 Å². The van der Waals surface area contributed by atoms with Crippen LogP contribution in [0, 0.1) is 10.8 Å². The molecule has 0 unspecified atom stereocenters. The van der Waals surface area contributed by atoms with Gasteiger partial charge in [-0.15, -0.1) is 0 Å². The minimum absolute atomic E-state index is 0.177. The third kappa shape index (κ3) is 4.56. The molecule has 1 aromatic heterocycles. The third-order valence-electron chi connectivity index (χ3n) is 4.04. The lowest BCUT2D eigenvalue weighted by atomic mass is 9.63. The van der Waals surface area contributed by atoms with E-state index in [1.165, 1.54) is 12.5 Å². The summed E-state index contributed by atoms with van der Waals surface area (Å²) in [7, 11) is -3.76. The van der Waals surface area contributed by atoms with Crippen molar-refractivity contribution in [3.63, 3.8) is 0 Å². The molecule has 0 saturated heterocycles. The maximum Gasteiger partial charge on any atom is 0.271 e. The van der Waals surface area contributed by atoms with Gasteiger partial charge in [-0.2, -0.15) is 0 Å². The van der Waals surface area contributed by atoms with E-state index in [-0.39, 0.29) is 5.09 Å². The standard InChI is InChI=1S/C15H26N2O3S/c1-14(2)7-11(8-15(3,4)10-14)17-9-12-5-6-13(20-12)21(16,18)19/h5-6,11,17H,7-10H2,1-4H3,(H2,16,18,19). The summed E-state index contributed by atoms with van der Waals surface area (Å²) in [4.78, 5) is 0. The molecule has 0 aromatic carbocycles. The zero-order chi connectivity index (χ0) is 15.9. The van der Waals surface area contributed by atoms with E-state index in [2.05, 4.69) is 33.0 Å². The SMILES string of the molecule is CC1(C)CC(NCc2ccc(S(N)(=O)=O)o2)CC(C)(C)C1. The number of hydrogen-bond acceptors (Lipinski definition) is 4. The highest BCUT2D eigenvalue weighted by atomic mass is 32.2. The quantitative estimate of drug-likeness (QED) is 0.894. The molecule has 5 nitrogen and oxygen atoms in total. The van der Waals surface area contributed by atoms with Crippen LogP contribution >= 0.6 is 0 Å². The maximum absolute atomic E-state index is 11.2. The Balaban J connectivity index is 1.98. The molecule has 0 aliphatic heterocycles. The minimum atomic E-state index is -3.76. The van der Waals surface area contributed by atoms with Gasteiger partial charge in [0, 0.05) is 6.04 Å². The molecule has 120 valence electrons. The fourth-order valence-electron chi connectivity index (χ4n) is 3.84. The Labute approximate surface area is 127 Å². The zero-order valence-electron chi connectivity index (χ0n) is 13.3. The molecule has 1 fully saturated rings. The molecule has 1 heterocycles. The molecule has 0 radical (unpaired) electrons. The van der Waals surface area contributed by atoms with Crippen LogP contribution in [0.1, 0.15) is 52.7 Å². The fourth-order valence-corrected chi connectivity index (χ4v) is 4.32. The molecule has 0 atom stereocenters. The van der Waals surface area contributed by atoms with Crippen molar-refractivity contribution in [3.05, 3.63) is 17.9 Å². The van der Waals surface area contributed by atoms with Gasteiger partial charge >= 0.3 is 0 Å². The highest BCUT2D eigenvalue weighted by Crippen LogP contribution is 2.45. The normalized spacial score (nSPS) is 22.3. The summed E-state index contributed by atoms with van der Waals surface area (Å²) in [6.07, 6.45) is 3.44. The molecule has 21 heavy (non-hydrogen) atoms. The van der Waals surface area contributed by atoms with Gasteiger partial charge in [0.1, 0.15) is 5.76 Å². The zero-order valence-corrected chi connectivity index (χ0v) is 14.1. The summed E-state index contributed by atoms with van der Waals surface area (Å²) < 4.78 is 27.6. The Morgan fingerprint density at radius 3 is 2.29 bits per heavy atom. The first-order valence-electron chi connectivity index (χ1n) is 7.32. The number of nitrogens with two attached hydrogens (primary N) is 1. The van der Waals surface area contributed by atoms with Crippen molar-refractivity contribution in [2.75, 3.05) is 0 Å².